The molecule has 2 aliphatic rings. The highest BCUT2D eigenvalue weighted by Gasteiger charge is 2.46. The number of piperidine rings is 1. The number of hydrogen-bond acceptors (Lipinski definition) is 3. The first-order chi connectivity index (χ1) is 11.5. The van der Waals surface area contributed by atoms with E-state index < -0.39 is 0 Å². The van der Waals surface area contributed by atoms with Crippen LogP contribution in [0.2, 0.25) is 0 Å². The van der Waals surface area contributed by atoms with Gasteiger partial charge in [0, 0.05) is 23.6 Å². The van der Waals surface area contributed by atoms with Gasteiger partial charge < -0.3 is 15.0 Å². The Morgan fingerprint density at radius 3 is 2.33 bits per heavy atom. The number of likely N-dealkylation sites (tertiary alicyclic amines) is 1. The van der Waals surface area contributed by atoms with Crippen LogP contribution in [0.3, 0.4) is 0 Å². The molecular formula is C18H23BrN2O3. The van der Waals surface area contributed by atoms with Crippen LogP contribution in [-0.4, -0.2) is 43.1 Å². The van der Waals surface area contributed by atoms with Gasteiger partial charge in [-0.25, -0.2) is 4.79 Å². The monoisotopic (exact) mass is 394 g/mol. The number of rotatable bonds is 3. The Bertz CT molecular complexity index is 605. The number of benzene rings is 1. The molecule has 0 unspecified atom stereocenters. The van der Waals surface area contributed by atoms with E-state index in [2.05, 4.69) is 21.2 Å². The average molecular weight is 395 g/mol. The average Bonchev–Trinajstić information content (AvgIpc) is 2.55. The Labute approximate surface area is 150 Å². The number of halogens is 1. The second kappa shape index (κ2) is 7.13. The molecule has 0 spiro atoms. The third kappa shape index (κ3) is 3.29. The molecule has 1 aliphatic carbocycles. The molecule has 1 saturated carbocycles. The standard InChI is InChI=1S/C18H23BrN2O3/c1-24-17(23)21-11-7-15(8-12-21)20-16(22)18(9-2-10-18)13-3-5-14(19)6-4-13/h3-6,15H,2,7-12H2,1H3,(H,20,22). The number of nitrogens with one attached hydrogen (secondary N) is 1. The number of methoxy groups -OCH3 is 1. The summed E-state index contributed by atoms with van der Waals surface area (Å²) in [6.07, 6.45) is 4.16. The van der Waals surface area contributed by atoms with E-state index >= 15 is 0 Å². The molecule has 130 valence electrons. The molecule has 24 heavy (non-hydrogen) atoms. The van der Waals surface area contributed by atoms with Gasteiger partial charge in [-0.15, -0.1) is 0 Å². The summed E-state index contributed by atoms with van der Waals surface area (Å²) in [7, 11) is 1.40. The zero-order chi connectivity index (χ0) is 17.2. The molecule has 5 nitrogen and oxygen atoms in total. The van der Waals surface area contributed by atoms with E-state index in [0.717, 1.165) is 42.1 Å². The van der Waals surface area contributed by atoms with E-state index in [1.807, 2.05) is 24.3 Å². The quantitative estimate of drug-likeness (QED) is 0.855. The lowest BCUT2D eigenvalue weighted by molar-refractivity contribution is -0.131. The van der Waals surface area contributed by atoms with Gasteiger partial charge in [0.15, 0.2) is 0 Å². The van der Waals surface area contributed by atoms with Crippen molar-refractivity contribution < 1.29 is 14.3 Å². The zero-order valence-electron chi connectivity index (χ0n) is 13.9. The van der Waals surface area contributed by atoms with Crippen LogP contribution in [0.1, 0.15) is 37.7 Å². The Balaban J connectivity index is 1.62. The van der Waals surface area contributed by atoms with Crippen molar-refractivity contribution in [2.24, 2.45) is 0 Å². The number of carbonyl (C=O) groups excluding carboxylic acids is 2. The Kier molecular flexibility index (Phi) is 5.13. The van der Waals surface area contributed by atoms with E-state index in [1.165, 1.54) is 7.11 Å². The molecule has 3 rings (SSSR count). The maximum Gasteiger partial charge on any atom is 0.409 e. The van der Waals surface area contributed by atoms with Crippen molar-refractivity contribution in [1.29, 1.82) is 0 Å². The number of carbonyl (C=O) groups is 2. The van der Waals surface area contributed by atoms with Gasteiger partial charge >= 0.3 is 6.09 Å². The fraction of sp³-hybridized carbons (Fsp3) is 0.556. The lowest BCUT2D eigenvalue weighted by Crippen LogP contribution is -2.54. The van der Waals surface area contributed by atoms with E-state index in [-0.39, 0.29) is 23.5 Å². The molecule has 0 radical (unpaired) electrons. The molecule has 6 heteroatoms. The highest BCUT2D eigenvalue weighted by molar-refractivity contribution is 9.10. The van der Waals surface area contributed by atoms with Gasteiger partial charge in [0.1, 0.15) is 0 Å². The molecule has 1 aromatic carbocycles. The maximum atomic E-state index is 12.9. The van der Waals surface area contributed by atoms with Crippen molar-refractivity contribution in [2.75, 3.05) is 20.2 Å². The smallest absolute Gasteiger partial charge is 0.409 e. The van der Waals surface area contributed by atoms with Crippen molar-refractivity contribution in [3.63, 3.8) is 0 Å². The summed E-state index contributed by atoms with van der Waals surface area (Å²) < 4.78 is 5.77. The summed E-state index contributed by atoms with van der Waals surface area (Å²) in [5.74, 6) is 0.132. The molecule has 1 N–H and O–H groups in total. The van der Waals surface area contributed by atoms with Gasteiger partial charge in [0.25, 0.3) is 0 Å². The lowest BCUT2D eigenvalue weighted by atomic mass is 9.63. The van der Waals surface area contributed by atoms with E-state index in [4.69, 9.17) is 4.74 Å². The maximum absolute atomic E-state index is 12.9. The van der Waals surface area contributed by atoms with Gasteiger partial charge in [-0.1, -0.05) is 34.5 Å². The van der Waals surface area contributed by atoms with Crippen LogP contribution in [-0.2, 0) is 14.9 Å². The highest BCUT2D eigenvalue weighted by Crippen LogP contribution is 2.44. The molecule has 2 amide bonds. The van der Waals surface area contributed by atoms with Crippen molar-refractivity contribution in [3.05, 3.63) is 34.3 Å². The summed E-state index contributed by atoms with van der Waals surface area (Å²) in [5.41, 5.74) is 0.724. The van der Waals surface area contributed by atoms with Crippen LogP contribution in [0, 0.1) is 0 Å². The molecule has 1 aromatic rings. The van der Waals surface area contributed by atoms with Gasteiger partial charge in [0.05, 0.1) is 12.5 Å². The summed E-state index contributed by atoms with van der Waals surface area (Å²) in [5, 5.41) is 3.22. The normalized spacial score (nSPS) is 20.2. The van der Waals surface area contributed by atoms with Gasteiger partial charge in [-0.05, 0) is 43.4 Å². The third-order valence-electron chi connectivity index (χ3n) is 5.30. The minimum atomic E-state index is -0.375. The van der Waals surface area contributed by atoms with Crippen LogP contribution in [0.5, 0.6) is 0 Å². The predicted octanol–water partition coefficient (Wildman–Crippen LogP) is 3.22. The molecule has 0 aromatic heterocycles. The molecule has 1 heterocycles. The number of nitrogens with zero attached hydrogens (tertiary/aromatic N) is 1. The molecular weight excluding hydrogens is 372 g/mol. The second-order valence-corrected chi connectivity index (χ2v) is 7.56. The fourth-order valence-corrected chi connectivity index (χ4v) is 3.87. The van der Waals surface area contributed by atoms with Crippen LogP contribution >= 0.6 is 15.9 Å². The fourth-order valence-electron chi connectivity index (χ4n) is 3.61. The number of ether oxygens (including phenoxy) is 1. The Morgan fingerprint density at radius 1 is 1.21 bits per heavy atom. The first-order valence-electron chi connectivity index (χ1n) is 8.45. The van der Waals surface area contributed by atoms with Crippen LogP contribution < -0.4 is 5.32 Å². The minimum Gasteiger partial charge on any atom is -0.453 e. The molecule has 0 atom stereocenters. The van der Waals surface area contributed by atoms with E-state index in [0.29, 0.717) is 13.1 Å². The second-order valence-electron chi connectivity index (χ2n) is 6.65. The minimum absolute atomic E-state index is 0.131. The summed E-state index contributed by atoms with van der Waals surface area (Å²) >= 11 is 3.45. The molecule has 2 fully saturated rings. The third-order valence-corrected chi connectivity index (χ3v) is 5.83. The molecule has 1 aliphatic heterocycles. The largest absolute Gasteiger partial charge is 0.453 e. The first kappa shape index (κ1) is 17.3. The van der Waals surface area contributed by atoms with Crippen molar-refractivity contribution in [3.8, 4) is 0 Å². The first-order valence-corrected chi connectivity index (χ1v) is 9.24. The highest BCUT2D eigenvalue weighted by atomic mass is 79.9. The lowest BCUT2D eigenvalue weighted by Gasteiger charge is -2.42. The van der Waals surface area contributed by atoms with Crippen LogP contribution in [0.25, 0.3) is 0 Å². The zero-order valence-corrected chi connectivity index (χ0v) is 15.5. The number of amides is 2. The molecule has 0 bridgehead atoms. The van der Waals surface area contributed by atoms with Crippen LogP contribution in [0.15, 0.2) is 28.7 Å². The van der Waals surface area contributed by atoms with E-state index in [1.54, 1.807) is 4.90 Å². The predicted molar refractivity (Wildman–Crippen MR) is 94.8 cm³/mol. The van der Waals surface area contributed by atoms with Crippen molar-refractivity contribution >= 4 is 27.9 Å². The summed E-state index contributed by atoms with van der Waals surface area (Å²) in [4.78, 5) is 26.2. The molecule has 1 saturated heterocycles. The van der Waals surface area contributed by atoms with Crippen LogP contribution in [0.4, 0.5) is 4.79 Å². The number of hydrogen-bond donors (Lipinski definition) is 1. The van der Waals surface area contributed by atoms with Crippen molar-refractivity contribution in [2.45, 2.75) is 43.6 Å². The SMILES string of the molecule is COC(=O)N1CCC(NC(=O)C2(c3ccc(Br)cc3)CCC2)CC1. The summed E-state index contributed by atoms with van der Waals surface area (Å²) in [6, 6.07) is 8.21. The van der Waals surface area contributed by atoms with Gasteiger partial charge in [-0.3, -0.25) is 4.79 Å². The van der Waals surface area contributed by atoms with Crippen molar-refractivity contribution in [1.82, 2.24) is 10.2 Å². The Hall–Kier alpha value is -1.56. The van der Waals surface area contributed by atoms with E-state index in [9.17, 15) is 9.59 Å². The topological polar surface area (TPSA) is 58.6 Å². The summed E-state index contributed by atoms with van der Waals surface area (Å²) in [6.45, 7) is 1.26. The Morgan fingerprint density at radius 2 is 1.83 bits per heavy atom. The van der Waals surface area contributed by atoms with Gasteiger partial charge in [0.2, 0.25) is 5.91 Å². The van der Waals surface area contributed by atoms with Gasteiger partial charge in [-0.2, -0.15) is 0 Å².